The lowest BCUT2D eigenvalue weighted by Crippen LogP contribution is -2.23. The van der Waals surface area contributed by atoms with Crippen molar-refractivity contribution in [2.45, 2.75) is 66.3 Å². The molecule has 0 aromatic rings. The van der Waals surface area contributed by atoms with Crippen molar-refractivity contribution in [3.63, 3.8) is 0 Å². The third-order valence-electron chi connectivity index (χ3n) is 2.54. The largest absolute Gasteiger partial charge is 0.314 e. The van der Waals surface area contributed by atoms with Gasteiger partial charge in [-0.1, -0.05) is 45.8 Å². The number of hydrogen-bond donors (Lipinski definition) is 1. The molecule has 0 amide bonds. The van der Waals surface area contributed by atoms with Gasteiger partial charge in [-0.05, 0) is 38.6 Å². The molecule has 0 atom stereocenters. The maximum atomic E-state index is 3.43. The highest BCUT2D eigenvalue weighted by molar-refractivity contribution is 4.97. The second-order valence-corrected chi connectivity index (χ2v) is 5.23. The molecule has 0 heterocycles. The third kappa shape index (κ3) is 11.6. The van der Waals surface area contributed by atoms with E-state index in [-0.39, 0.29) is 0 Å². The summed E-state index contributed by atoms with van der Waals surface area (Å²) in [5.74, 6) is 0.848. The minimum absolute atomic E-state index is 0.611. The molecule has 1 nitrogen and oxygen atoms in total. The molecule has 0 bridgehead atoms. The Bertz CT molecular complexity index is 168. The van der Waals surface area contributed by atoms with Crippen molar-refractivity contribution in [3.05, 3.63) is 11.6 Å². The van der Waals surface area contributed by atoms with E-state index in [1.165, 1.54) is 25.7 Å². The van der Waals surface area contributed by atoms with Crippen LogP contribution in [0.5, 0.6) is 0 Å². The van der Waals surface area contributed by atoms with Crippen LogP contribution in [-0.2, 0) is 0 Å². The van der Waals surface area contributed by atoms with Gasteiger partial charge in [0.15, 0.2) is 0 Å². The van der Waals surface area contributed by atoms with E-state index in [4.69, 9.17) is 0 Å². The Morgan fingerprint density at radius 3 is 2.40 bits per heavy atom. The number of nitrogens with one attached hydrogen (secondary N) is 1. The molecule has 0 spiro atoms. The zero-order valence-corrected chi connectivity index (χ0v) is 11.3. The molecule has 0 aromatic carbocycles. The van der Waals surface area contributed by atoms with Gasteiger partial charge in [-0.2, -0.15) is 0 Å². The Kier molecular flexibility index (Phi) is 8.79. The van der Waals surface area contributed by atoms with Crippen LogP contribution in [0.3, 0.4) is 0 Å². The van der Waals surface area contributed by atoms with Gasteiger partial charge in [-0.15, -0.1) is 0 Å². The summed E-state index contributed by atoms with van der Waals surface area (Å²) in [7, 11) is 0. The molecule has 0 aliphatic heterocycles. The summed E-state index contributed by atoms with van der Waals surface area (Å²) >= 11 is 0. The lowest BCUT2D eigenvalue weighted by molar-refractivity contribution is 0.553. The number of hydrogen-bond acceptors (Lipinski definition) is 1. The fraction of sp³-hybridized carbons (Fsp3) is 0.857. The highest BCUT2D eigenvalue weighted by Crippen LogP contribution is 2.11. The first kappa shape index (κ1) is 14.7. The van der Waals surface area contributed by atoms with E-state index in [1.54, 1.807) is 5.57 Å². The van der Waals surface area contributed by atoms with Crippen LogP contribution < -0.4 is 5.32 Å². The topological polar surface area (TPSA) is 12.0 Å². The standard InChI is InChI=1S/C14H29N/c1-12(2)8-6-9-14(5)10-7-11-15-13(3)4/h10,12-13,15H,6-9,11H2,1-5H3. The summed E-state index contributed by atoms with van der Waals surface area (Å²) in [6, 6.07) is 0.611. The molecular weight excluding hydrogens is 182 g/mol. The van der Waals surface area contributed by atoms with Crippen molar-refractivity contribution < 1.29 is 0 Å². The highest BCUT2D eigenvalue weighted by atomic mass is 14.9. The highest BCUT2D eigenvalue weighted by Gasteiger charge is 1.95. The molecular formula is C14H29N. The second kappa shape index (κ2) is 8.96. The van der Waals surface area contributed by atoms with Gasteiger partial charge in [0, 0.05) is 6.04 Å². The SMILES string of the molecule is CC(=CCCNC(C)C)CCCC(C)C. The van der Waals surface area contributed by atoms with Crippen molar-refractivity contribution in [2.75, 3.05) is 6.54 Å². The molecule has 0 aliphatic carbocycles. The first-order valence-corrected chi connectivity index (χ1v) is 6.41. The molecule has 0 aromatic heterocycles. The predicted molar refractivity (Wildman–Crippen MR) is 70.2 cm³/mol. The lowest BCUT2D eigenvalue weighted by Gasteiger charge is -2.07. The lowest BCUT2D eigenvalue weighted by atomic mass is 10.0. The summed E-state index contributed by atoms with van der Waals surface area (Å²) in [6.45, 7) is 12.4. The van der Waals surface area contributed by atoms with Crippen LogP contribution in [-0.4, -0.2) is 12.6 Å². The quantitative estimate of drug-likeness (QED) is 0.470. The average molecular weight is 211 g/mol. The maximum absolute atomic E-state index is 3.43. The van der Waals surface area contributed by atoms with Gasteiger partial charge in [-0.3, -0.25) is 0 Å². The molecule has 1 heteroatoms. The van der Waals surface area contributed by atoms with E-state index in [0.29, 0.717) is 6.04 Å². The minimum atomic E-state index is 0.611. The first-order valence-electron chi connectivity index (χ1n) is 6.41. The average Bonchev–Trinajstić information content (AvgIpc) is 2.11. The van der Waals surface area contributed by atoms with Crippen molar-refractivity contribution in [1.82, 2.24) is 5.32 Å². The zero-order valence-electron chi connectivity index (χ0n) is 11.3. The van der Waals surface area contributed by atoms with Crippen LogP contribution in [0.2, 0.25) is 0 Å². The Hall–Kier alpha value is -0.300. The van der Waals surface area contributed by atoms with E-state index < -0.39 is 0 Å². The Morgan fingerprint density at radius 1 is 1.20 bits per heavy atom. The molecule has 0 rings (SSSR count). The van der Waals surface area contributed by atoms with E-state index >= 15 is 0 Å². The molecule has 15 heavy (non-hydrogen) atoms. The van der Waals surface area contributed by atoms with Crippen LogP contribution in [0.4, 0.5) is 0 Å². The van der Waals surface area contributed by atoms with Crippen LogP contribution in [0.15, 0.2) is 11.6 Å². The second-order valence-electron chi connectivity index (χ2n) is 5.23. The van der Waals surface area contributed by atoms with Crippen LogP contribution in [0.25, 0.3) is 0 Å². The summed E-state index contributed by atoms with van der Waals surface area (Å²) in [6.07, 6.45) is 7.54. The number of rotatable bonds is 8. The summed E-state index contributed by atoms with van der Waals surface area (Å²) in [5, 5.41) is 3.43. The fourth-order valence-corrected chi connectivity index (χ4v) is 1.58. The van der Waals surface area contributed by atoms with Crippen LogP contribution in [0, 0.1) is 5.92 Å². The van der Waals surface area contributed by atoms with Gasteiger partial charge in [0.25, 0.3) is 0 Å². The van der Waals surface area contributed by atoms with Gasteiger partial charge >= 0.3 is 0 Å². The molecule has 0 unspecified atom stereocenters. The summed E-state index contributed by atoms with van der Waals surface area (Å²) in [4.78, 5) is 0. The van der Waals surface area contributed by atoms with Crippen molar-refractivity contribution in [1.29, 1.82) is 0 Å². The van der Waals surface area contributed by atoms with E-state index in [0.717, 1.165) is 12.5 Å². The predicted octanol–water partition coefficient (Wildman–Crippen LogP) is 4.15. The molecule has 0 radical (unpaired) electrons. The maximum Gasteiger partial charge on any atom is 0.00105 e. The third-order valence-corrected chi connectivity index (χ3v) is 2.54. The fourth-order valence-electron chi connectivity index (χ4n) is 1.58. The Labute approximate surface area is 96.3 Å². The minimum Gasteiger partial charge on any atom is -0.314 e. The van der Waals surface area contributed by atoms with Gasteiger partial charge in [0.1, 0.15) is 0 Å². The van der Waals surface area contributed by atoms with Crippen LogP contribution in [0.1, 0.15) is 60.3 Å². The molecule has 0 fully saturated rings. The van der Waals surface area contributed by atoms with Crippen molar-refractivity contribution in [3.8, 4) is 0 Å². The summed E-state index contributed by atoms with van der Waals surface area (Å²) in [5.41, 5.74) is 1.56. The number of allylic oxidation sites excluding steroid dienone is 1. The molecule has 1 N–H and O–H groups in total. The normalized spacial score (nSPS) is 12.9. The van der Waals surface area contributed by atoms with Crippen LogP contribution >= 0.6 is 0 Å². The monoisotopic (exact) mass is 211 g/mol. The molecule has 90 valence electrons. The smallest absolute Gasteiger partial charge is 0.00105 e. The van der Waals surface area contributed by atoms with Crippen molar-refractivity contribution >= 4 is 0 Å². The van der Waals surface area contributed by atoms with E-state index in [9.17, 15) is 0 Å². The van der Waals surface area contributed by atoms with Gasteiger partial charge in [-0.25, -0.2) is 0 Å². The van der Waals surface area contributed by atoms with Crippen molar-refractivity contribution in [2.24, 2.45) is 5.92 Å². The van der Waals surface area contributed by atoms with Gasteiger partial charge in [0.2, 0.25) is 0 Å². The molecule has 0 aliphatic rings. The van der Waals surface area contributed by atoms with E-state index in [1.807, 2.05) is 0 Å². The molecule has 0 saturated heterocycles. The van der Waals surface area contributed by atoms with Gasteiger partial charge < -0.3 is 5.32 Å². The molecule has 0 saturated carbocycles. The van der Waals surface area contributed by atoms with Gasteiger partial charge in [0.05, 0.1) is 0 Å². The zero-order chi connectivity index (χ0) is 11.7. The Morgan fingerprint density at radius 2 is 1.87 bits per heavy atom. The summed E-state index contributed by atoms with van der Waals surface area (Å²) < 4.78 is 0. The Balaban J connectivity index is 3.44. The van der Waals surface area contributed by atoms with E-state index in [2.05, 4.69) is 46.0 Å². The first-order chi connectivity index (χ1) is 7.02.